The maximum absolute atomic E-state index is 12.3. The van der Waals surface area contributed by atoms with E-state index in [-0.39, 0.29) is 15.9 Å². The normalized spacial score (nSPS) is 24.6. The zero-order chi connectivity index (χ0) is 15.9. The number of nitrogens with one attached hydrogen (secondary N) is 2. The molecule has 9 heteroatoms. The molecule has 1 saturated heterocycles. The van der Waals surface area contributed by atoms with Gasteiger partial charge in [0.1, 0.15) is 5.75 Å². The molecule has 1 amide bonds. The van der Waals surface area contributed by atoms with E-state index in [1.807, 2.05) is 0 Å². The van der Waals surface area contributed by atoms with E-state index in [0.717, 1.165) is 11.8 Å². The van der Waals surface area contributed by atoms with Gasteiger partial charge in [0.2, 0.25) is 15.1 Å². The molecular weight excluding hydrogens is 328 g/mol. The molecular formula is C13H14N2O5S2. The first-order chi connectivity index (χ1) is 10.4. The second kappa shape index (κ2) is 5.56. The van der Waals surface area contributed by atoms with Crippen LogP contribution in [0.1, 0.15) is 13.3 Å². The van der Waals surface area contributed by atoms with Crippen LogP contribution in [0.4, 0.5) is 5.69 Å². The van der Waals surface area contributed by atoms with Crippen LogP contribution in [0, 0.1) is 0 Å². The lowest BCUT2D eigenvalue weighted by Gasteiger charge is -2.23. The first kappa shape index (κ1) is 15.3. The summed E-state index contributed by atoms with van der Waals surface area (Å²) >= 11 is 1.12. The number of anilines is 1. The van der Waals surface area contributed by atoms with Crippen molar-refractivity contribution in [2.75, 3.05) is 11.1 Å². The molecule has 0 spiro atoms. The van der Waals surface area contributed by atoms with Gasteiger partial charge >= 0.3 is 0 Å². The zero-order valence-electron chi connectivity index (χ0n) is 11.7. The first-order valence-corrected chi connectivity index (χ1v) is 9.14. The maximum atomic E-state index is 12.3. The number of fused-ring (bicyclic) bond motifs is 1. The van der Waals surface area contributed by atoms with E-state index in [4.69, 9.17) is 4.74 Å². The molecule has 22 heavy (non-hydrogen) atoms. The van der Waals surface area contributed by atoms with Crippen molar-refractivity contribution in [1.29, 1.82) is 0 Å². The Morgan fingerprint density at radius 2 is 2.14 bits per heavy atom. The third-order valence-electron chi connectivity index (χ3n) is 3.42. The summed E-state index contributed by atoms with van der Waals surface area (Å²) in [6, 6.07) is 3.51. The maximum Gasteiger partial charge on any atom is 0.265 e. The van der Waals surface area contributed by atoms with Crippen molar-refractivity contribution >= 4 is 38.5 Å². The number of rotatable bonds is 3. The first-order valence-electron chi connectivity index (χ1n) is 6.67. The van der Waals surface area contributed by atoms with Gasteiger partial charge in [0.25, 0.3) is 5.91 Å². The molecule has 3 rings (SSSR count). The second-order valence-corrected chi connectivity index (χ2v) is 7.85. The van der Waals surface area contributed by atoms with E-state index in [1.54, 1.807) is 6.92 Å². The van der Waals surface area contributed by atoms with E-state index in [1.165, 1.54) is 18.2 Å². The Bertz CT molecular complexity index is 747. The van der Waals surface area contributed by atoms with Crippen molar-refractivity contribution in [3.8, 4) is 5.75 Å². The Kier molecular flexibility index (Phi) is 3.87. The minimum atomic E-state index is -3.83. The van der Waals surface area contributed by atoms with E-state index in [0.29, 0.717) is 23.6 Å². The molecule has 0 bridgehead atoms. The molecule has 7 nitrogen and oxygen atoms in total. The van der Waals surface area contributed by atoms with Crippen molar-refractivity contribution in [3.63, 3.8) is 0 Å². The second-order valence-electron chi connectivity index (χ2n) is 5.04. The van der Waals surface area contributed by atoms with Gasteiger partial charge in [-0.25, -0.2) is 8.42 Å². The highest BCUT2D eigenvalue weighted by molar-refractivity contribution is 8.14. The van der Waals surface area contributed by atoms with Crippen LogP contribution < -0.4 is 14.8 Å². The number of hydrogen-bond acceptors (Lipinski definition) is 6. The van der Waals surface area contributed by atoms with Crippen LogP contribution in [-0.4, -0.2) is 37.3 Å². The number of carbonyl (C=O) groups is 2. The quantitative estimate of drug-likeness (QED) is 0.839. The van der Waals surface area contributed by atoms with Crippen molar-refractivity contribution in [3.05, 3.63) is 18.2 Å². The summed E-state index contributed by atoms with van der Waals surface area (Å²) in [7, 11) is -3.83. The fraction of sp³-hybridized carbons (Fsp3) is 0.385. The number of ether oxygens (including phenoxy) is 1. The lowest BCUT2D eigenvalue weighted by atomic mass is 10.2. The molecule has 2 aliphatic rings. The zero-order valence-corrected chi connectivity index (χ0v) is 13.3. The number of amides is 1. The van der Waals surface area contributed by atoms with E-state index in [9.17, 15) is 18.0 Å². The third kappa shape index (κ3) is 2.83. The number of benzene rings is 1. The molecule has 2 atom stereocenters. The van der Waals surface area contributed by atoms with Crippen LogP contribution in [0.2, 0.25) is 0 Å². The molecule has 0 radical (unpaired) electrons. The van der Waals surface area contributed by atoms with Gasteiger partial charge < -0.3 is 10.1 Å². The molecule has 1 aromatic carbocycles. The summed E-state index contributed by atoms with van der Waals surface area (Å²) in [5, 5.41) is 2.42. The van der Waals surface area contributed by atoms with E-state index in [2.05, 4.69) is 10.0 Å². The van der Waals surface area contributed by atoms with Gasteiger partial charge in [-0.2, -0.15) is 4.72 Å². The lowest BCUT2D eigenvalue weighted by Crippen LogP contribution is -2.37. The van der Waals surface area contributed by atoms with Gasteiger partial charge in [0, 0.05) is 5.75 Å². The molecule has 1 fully saturated rings. The van der Waals surface area contributed by atoms with Gasteiger partial charge in [-0.05, 0) is 31.5 Å². The topological polar surface area (TPSA) is 102 Å². The molecule has 2 heterocycles. The van der Waals surface area contributed by atoms with Gasteiger partial charge in [-0.15, -0.1) is 0 Å². The minimum Gasteiger partial charge on any atom is -0.479 e. The van der Waals surface area contributed by atoms with Crippen molar-refractivity contribution in [2.45, 2.75) is 30.4 Å². The largest absolute Gasteiger partial charge is 0.479 e. The van der Waals surface area contributed by atoms with Crippen LogP contribution in [0.25, 0.3) is 0 Å². The SMILES string of the molecule is C[C@@H]1Oc2ccc(S(=O)(=O)N[C@@H]3CCSC3=O)cc2NC1=O. The van der Waals surface area contributed by atoms with Crippen LogP contribution in [-0.2, 0) is 19.6 Å². The molecule has 2 aliphatic heterocycles. The highest BCUT2D eigenvalue weighted by atomic mass is 32.2. The Labute approximate surface area is 131 Å². The van der Waals surface area contributed by atoms with Crippen LogP contribution in [0.3, 0.4) is 0 Å². The Hall–Kier alpha value is -1.58. The average molecular weight is 342 g/mol. The van der Waals surface area contributed by atoms with E-state index >= 15 is 0 Å². The summed E-state index contributed by atoms with van der Waals surface area (Å²) in [6.07, 6.45) is -0.147. The fourth-order valence-corrected chi connectivity index (χ4v) is 4.48. The van der Waals surface area contributed by atoms with Gasteiger partial charge in [-0.3, -0.25) is 9.59 Å². The highest BCUT2D eigenvalue weighted by Crippen LogP contribution is 2.32. The summed E-state index contributed by atoms with van der Waals surface area (Å²) in [5.41, 5.74) is 0.304. The predicted octanol–water partition coefficient (Wildman–Crippen LogP) is 0.716. The Balaban J connectivity index is 1.87. The number of thioether (sulfide) groups is 1. The number of carbonyl (C=O) groups excluding carboxylic acids is 2. The molecule has 1 aromatic rings. The molecule has 0 aromatic heterocycles. The van der Waals surface area contributed by atoms with Crippen molar-refractivity contribution in [1.82, 2.24) is 4.72 Å². The van der Waals surface area contributed by atoms with Gasteiger partial charge in [-0.1, -0.05) is 11.8 Å². The van der Waals surface area contributed by atoms with Crippen molar-refractivity contribution in [2.24, 2.45) is 0 Å². The fourth-order valence-electron chi connectivity index (χ4n) is 2.21. The predicted molar refractivity (Wildman–Crippen MR) is 81.4 cm³/mol. The molecule has 0 aliphatic carbocycles. The summed E-state index contributed by atoms with van der Waals surface area (Å²) in [5.74, 6) is 0.689. The average Bonchev–Trinajstić information content (AvgIpc) is 2.84. The monoisotopic (exact) mass is 342 g/mol. The summed E-state index contributed by atoms with van der Waals surface area (Å²) in [6.45, 7) is 1.61. The smallest absolute Gasteiger partial charge is 0.265 e. The number of sulfonamides is 1. The van der Waals surface area contributed by atoms with Gasteiger partial charge in [0.15, 0.2) is 6.10 Å². The van der Waals surface area contributed by atoms with Crippen molar-refractivity contribution < 1.29 is 22.7 Å². The Morgan fingerprint density at radius 1 is 1.36 bits per heavy atom. The highest BCUT2D eigenvalue weighted by Gasteiger charge is 2.31. The summed E-state index contributed by atoms with van der Waals surface area (Å²) in [4.78, 5) is 23.1. The standard InChI is InChI=1S/C13H14N2O5S2/c1-7-12(16)14-10-6-8(2-3-11(10)20-7)22(18,19)15-9-4-5-21-13(9)17/h2-3,6-7,9,15H,4-5H2,1H3,(H,14,16)/t7-,9+/m0/s1. The lowest BCUT2D eigenvalue weighted by molar-refractivity contribution is -0.122. The third-order valence-corrected chi connectivity index (χ3v) is 5.90. The van der Waals surface area contributed by atoms with Crippen LogP contribution in [0.5, 0.6) is 5.75 Å². The van der Waals surface area contributed by atoms with E-state index < -0.39 is 22.2 Å². The molecule has 0 unspecified atom stereocenters. The minimum absolute atomic E-state index is 0.0191. The van der Waals surface area contributed by atoms with Gasteiger partial charge in [0.05, 0.1) is 16.6 Å². The Morgan fingerprint density at radius 3 is 2.82 bits per heavy atom. The van der Waals surface area contributed by atoms with Crippen LogP contribution >= 0.6 is 11.8 Å². The number of hydrogen-bond donors (Lipinski definition) is 2. The van der Waals surface area contributed by atoms with Crippen LogP contribution in [0.15, 0.2) is 23.1 Å². The molecule has 0 saturated carbocycles. The summed E-state index contributed by atoms with van der Waals surface area (Å²) < 4.78 is 32.5. The molecule has 2 N–H and O–H groups in total. The molecule has 118 valence electrons.